The van der Waals surface area contributed by atoms with Gasteiger partial charge in [0.2, 0.25) is 11.8 Å². The van der Waals surface area contributed by atoms with E-state index in [4.69, 9.17) is 11.6 Å². The Kier molecular flexibility index (Phi) is 9.95. The van der Waals surface area contributed by atoms with Crippen LogP contribution in [0.2, 0.25) is 5.02 Å². The van der Waals surface area contributed by atoms with E-state index in [1.54, 1.807) is 0 Å². The first-order chi connectivity index (χ1) is 14.0. The zero-order valence-corrected chi connectivity index (χ0v) is 19.0. The van der Waals surface area contributed by atoms with Gasteiger partial charge in [-0.2, -0.15) is 0 Å². The van der Waals surface area contributed by atoms with Crippen LogP contribution < -0.4 is 0 Å². The van der Waals surface area contributed by atoms with Gasteiger partial charge >= 0.3 is 0 Å². The quantitative estimate of drug-likeness (QED) is 0.563. The fourth-order valence-electron chi connectivity index (χ4n) is 3.98. The van der Waals surface area contributed by atoms with Crippen molar-refractivity contribution in [2.45, 2.75) is 58.9 Å². The van der Waals surface area contributed by atoms with E-state index in [0.29, 0.717) is 19.3 Å². The largest absolute Gasteiger partial charge is 0.343 e. The first-order valence-corrected chi connectivity index (χ1v) is 11.4. The first-order valence-electron chi connectivity index (χ1n) is 11.0. The molecule has 1 unspecified atom stereocenters. The van der Waals surface area contributed by atoms with Crippen molar-refractivity contribution in [2.24, 2.45) is 0 Å². The summed E-state index contributed by atoms with van der Waals surface area (Å²) >= 11 is 6.34. The van der Waals surface area contributed by atoms with Crippen molar-refractivity contribution in [3.8, 4) is 0 Å². The fourth-order valence-corrected chi connectivity index (χ4v) is 4.27. The molecule has 5 nitrogen and oxygen atoms in total. The minimum absolute atomic E-state index is 0.167. The first kappa shape index (κ1) is 23.7. The molecule has 0 saturated carbocycles. The van der Waals surface area contributed by atoms with Crippen LogP contribution in [-0.4, -0.2) is 65.8 Å². The van der Waals surface area contributed by atoms with Gasteiger partial charge in [-0.15, -0.1) is 0 Å². The predicted molar refractivity (Wildman–Crippen MR) is 119 cm³/mol. The third-order valence-corrected chi connectivity index (χ3v) is 6.04. The molecule has 1 aromatic rings. The van der Waals surface area contributed by atoms with Gasteiger partial charge in [-0.1, -0.05) is 43.6 Å². The highest BCUT2D eigenvalue weighted by Gasteiger charge is 2.25. The average molecular weight is 422 g/mol. The van der Waals surface area contributed by atoms with Gasteiger partial charge in [-0.05, 0) is 37.8 Å². The Labute approximate surface area is 181 Å². The topological polar surface area (TPSA) is 43.9 Å². The second-order valence-electron chi connectivity index (χ2n) is 7.85. The molecule has 29 heavy (non-hydrogen) atoms. The van der Waals surface area contributed by atoms with Gasteiger partial charge in [-0.25, -0.2) is 0 Å². The average Bonchev–Trinajstić information content (AvgIpc) is 2.73. The van der Waals surface area contributed by atoms with Crippen LogP contribution in [0, 0.1) is 0 Å². The van der Waals surface area contributed by atoms with Crippen LogP contribution in [0.3, 0.4) is 0 Å². The Bertz CT molecular complexity index is 653. The van der Waals surface area contributed by atoms with E-state index in [0.717, 1.165) is 62.7 Å². The molecule has 0 bridgehead atoms. The van der Waals surface area contributed by atoms with Gasteiger partial charge < -0.3 is 9.80 Å². The Hall–Kier alpha value is -1.59. The van der Waals surface area contributed by atoms with Crippen LogP contribution in [-0.2, 0) is 9.59 Å². The Balaban J connectivity index is 1.74. The van der Waals surface area contributed by atoms with Crippen molar-refractivity contribution >= 4 is 23.4 Å². The number of benzene rings is 1. The van der Waals surface area contributed by atoms with Gasteiger partial charge in [-0.3, -0.25) is 14.5 Å². The zero-order chi connectivity index (χ0) is 21.2. The number of hydrogen-bond donors (Lipinski definition) is 0. The molecule has 1 atom stereocenters. The molecule has 1 aliphatic heterocycles. The Morgan fingerprint density at radius 1 is 1.03 bits per heavy atom. The lowest BCUT2D eigenvalue weighted by Gasteiger charge is -2.38. The number of carbonyl (C=O) groups excluding carboxylic acids is 2. The van der Waals surface area contributed by atoms with Gasteiger partial charge in [0.1, 0.15) is 0 Å². The third kappa shape index (κ3) is 7.00. The third-order valence-electron chi connectivity index (χ3n) is 5.69. The summed E-state index contributed by atoms with van der Waals surface area (Å²) in [7, 11) is 0. The molecule has 1 aromatic carbocycles. The van der Waals surface area contributed by atoms with Crippen molar-refractivity contribution in [3.63, 3.8) is 0 Å². The molecule has 6 heteroatoms. The molecular weight excluding hydrogens is 386 g/mol. The molecule has 1 saturated heterocycles. The number of halogens is 1. The second-order valence-corrected chi connectivity index (χ2v) is 8.26. The van der Waals surface area contributed by atoms with E-state index < -0.39 is 0 Å². The molecule has 0 spiro atoms. The molecule has 1 fully saturated rings. The van der Waals surface area contributed by atoms with Crippen LogP contribution in [0.5, 0.6) is 0 Å². The van der Waals surface area contributed by atoms with Crippen molar-refractivity contribution in [1.82, 2.24) is 14.7 Å². The summed E-state index contributed by atoms with van der Waals surface area (Å²) in [6.45, 7) is 11.1. The highest BCUT2D eigenvalue weighted by Crippen LogP contribution is 2.27. The van der Waals surface area contributed by atoms with Crippen molar-refractivity contribution in [1.29, 1.82) is 0 Å². The summed E-state index contributed by atoms with van der Waals surface area (Å²) in [6.07, 6.45) is 3.51. The van der Waals surface area contributed by atoms with Crippen molar-refractivity contribution in [3.05, 3.63) is 34.9 Å². The summed E-state index contributed by atoms with van der Waals surface area (Å²) < 4.78 is 0. The molecule has 162 valence electrons. The molecular formula is C23H36ClN3O2. The molecule has 2 rings (SSSR count). The van der Waals surface area contributed by atoms with E-state index in [1.807, 2.05) is 28.0 Å². The minimum atomic E-state index is 0.167. The summed E-state index contributed by atoms with van der Waals surface area (Å²) in [5.74, 6) is 0.347. The number of rotatable bonds is 10. The number of piperazine rings is 1. The molecule has 2 amide bonds. The van der Waals surface area contributed by atoms with E-state index >= 15 is 0 Å². The van der Waals surface area contributed by atoms with Crippen LogP contribution in [0.25, 0.3) is 0 Å². The number of hydrogen-bond acceptors (Lipinski definition) is 3. The second kappa shape index (κ2) is 12.2. The lowest BCUT2D eigenvalue weighted by molar-refractivity contribution is -0.134. The van der Waals surface area contributed by atoms with Crippen molar-refractivity contribution in [2.75, 3.05) is 39.3 Å². The van der Waals surface area contributed by atoms with Crippen LogP contribution in [0.4, 0.5) is 0 Å². The maximum Gasteiger partial charge on any atom is 0.222 e. The lowest BCUT2D eigenvalue weighted by Crippen LogP contribution is -2.49. The number of nitrogens with zero attached hydrogens (tertiary/aromatic N) is 3. The standard InChI is InChI=1S/C23H36ClN3O2/c1-4-13-26(14-5-2)22(28)11-8-12-23(29)27-17-15-25(16-18-27)19(3)20-9-6-7-10-21(20)24/h6-7,9-10,19H,4-5,8,11-18H2,1-3H3. The monoisotopic (exact) mass is 421 g/mol. The lowest BCUT2D eigenvalue weighted by atomic mass is 10.1. The summed E-state index contributed by atoms with van der Waals surface area (Å²) in [5.41, 5.74) is 1.14. The van der Waals surface area contributed by atoms with Crippen LogP contribution in [0.15, 0.2) is 24.3 Å². The van der Waals surface area contributed by atoms with Gasteiger partial charge in [0.05, 0.1) is 0 Å². The normalized spacial score (nSPS) is 15.9. The van der Waals surface area contributed by atoms with Crippen LogP contribution in [0.1, 0.15) is 64.5 Å². The molecule has 0 aliphatic carbocycles. The SMILES string of the molecule is CCCN(CCC)C(=O)CCCC(=O)N1CCN(C(C)c2ccccc2Cl)CC1. The van der Waals surface area contributed by atoms with E-state index in [9.17, 15) is 9.59 Å². The predicted octanol–water partition coefficient (Wildman–Crippen LogP) is 4.36. The zero-order valence-electron chi connectivity index (χ0n) is 18.2. The molecule has 1 heterocycles. The smallest absolute Gasteiger partial charge is 0.222 e. The summed E-state index contributed by atoms with van der Waals surface area (Å²) in [4.78, 5) is 31.2. The van der Waals surface area contributed by atoms with E-state index in [2.05, 4.69) is 31.7 Å². The Morgan fingerprint density at radius 2 is 1.66 bits per heavy atom. The molecule has 0 N–H and O–H groups in total. The van der Waals surface area contributed by atoms with Gasteiger partial charge in [0.15, 0.2) is 0 Å². The summed E-state index contributed by atoms with van der Waals surface area (Å²) in [6, 6.07) is 8.20. The molecule has 1 aliphatic rings. The van der Waals surface area contributed by atoms with E-state index in [-0.39, 0.29) is 17.9 Å². The van der Waals surface area contributed by atoms with E-state index in [1.165, 1.54) is 0 Å². The highest BCUT2D eigenvalue weighted by atomic mass is 35.5. The van der Waals surface area contributed by atoms with Crippen molar-refractivity contribution < 1.29 is 9.59 Å². The van der Waals surface area contributed by atoms with Gasteiger partial charge in [0, 0.05) is 63.2 Å². The Morgan fingerprint density at radius 3 is 2.24 bits per heavy atom. The summed E-state index contributed by atoms with van der Waals surface area (Å²) in [5, 5.41) is 0.795. The van der Waals surface area contributed by atoms with Crippen LogP contribution >= 0.6 is 11.6 Å². The fraction of sp³-hybridized carbons (Fsp3) is 0.652. The molecule has 0 aromatic heterocycles. The maximum absolute atomic E-state index is 12.6. The highest BCUT2D eigenvalue weighted by molar-refractivity contribution is 6.31. The maximum atomic E-state index is 12.6. The minimum Gasteiger partial charge on any atom is -0.343 e. The number of carbonyl (C=O) groups is 2. The number of amides is 2. The molecule has 0 radical (unpaired) electrons. The van der Waals surface area contributed by atoms with Gasteiger partial charge in [0.25, 0.3) is 0 Å².